The summed E-state index contributed by atoms with van der Waals surface area (Å²) in [4.78, 5) is 30.7. The molecule has 1 fully saturated rings. The molecule has 1 N–H and O–H groups in total. The number of carbonyl (C=O) groups excluding carboxylic acids is 2. The lowest BCUT2D eigenvalue weighted by atomic mass is 10.1. The molecule has 110 valence electrons. The molecule has 0 aliphatic carbocycles. The van der Waals surface area contributed by atoms with Gasteiger partial charge in [-0.2, -0.15) is 0 Å². The standard InChI is InChI=1S/C16H19N3O2/c1-11-9-14-10-13(3-4-15(14)17-11)16(21)19-7-5-18(6-8-19)12(2)20/h3-4,9-10,17H,5-8H2,1-2H3. The second-order valence-electron chi connectivity index (χ2n) is 5.55. The van der Waals surface area contributed by atoms with Crippen molar-refractivity contribution in [2.75, 3.05) is 26.2 Å². The molecule has 0 radical (unpaired) electrons. The Morgan fingerprint density at radius 3 is 2.38 bits per heavy atom. The average Bonchev–Trinajstić information content (AvgIpc) is 2.85. The van der Waals surface area contributed by atoms with E-state index in [9.17, 15) is 9.59 Å². The minimum Gasteiger partial charge on any atom is -0.359 e. The van der Waals surface area contributed by atoms with Gasteiger partial charge in [-0.3, -0.25) is 9.59 Å². The summed E-state index contributed by atoms with van der Waals surface area (Å²) in [7, 11) is 0. The molecule has 0 bridgehead atoms. The number of aromatic amines is 1. The quantitative estimate of drug-likeness (QED) is 0.868. The maximum atomic E-state index is 12.5. The Morgan fingerprint density at radius 1 is 1.05 bits per heavy atom. The Hall–Kier alpha value is -2.30. The lowest BCUT2D eigenvalue weighted by molar-refractivity contribution is -0.130. The summed E-state index contributed by atoms with van der Waals surface area (Å²) in [5.74, 6) is 0.116. The maximum Gasteiger partial charge on any atom is 0.253 e. The van der Waals surface area contributed by atoms with Gasteiger partial charge in [-0.1, -0.05) is 0 Å². The molecule has 21 heavy (non-hydrogen) atoms. The van der Waals surface area contributed by atoms with Gasteiger partial charge in [-0.15, -0.1) is 0 Å². The Labute approximate surface area is 123 Å². The van der Waals surface area contributed by atoms with Crippen LogP contribution in [0.25, 0.3) is 10.9 Å². The van der Waals surface area contributed by atoms with Gasteiger partial charge in [0.15, 0.2) is 0 Å². The molecule has 1 aliphatic heterocycles. The van der Waals surface area contributed by atoms with Crippen LogP contribution in [0.1, 0.15) is 23.0 Å². The molecule has 5 heteroatoms. The Kier molecular flexibility index (Phi) is 3.41. The van der Waals surface area contributed by atoms with E-state index in [-0.39, 0.29) is 11.8 Å². The predicted octanol–water partition coefficient (Wildman–Crippen LogP) is 1.78. The lowest BCUT2D eigenvalue weighted by Crippen LogP contribution is -2.50. The smallest absolute Gasteiger partial charge is 0.253 e. The molecule has 5 nitrogen and oxygen atoms in total. The molecule has 1 saturated heterocycles. The second-order valence-corrected chi connectivity index (χ2v) is 5.55. The molecule has 0 atom stereocenters. The highest BCUT2D eigenvalue weighted by Crippen LogP contribution is 2.18. The summed E-state index contributed by atoms with van der Waals surface area (Å²) in [6.45, 7) is 6.01. The molecule has 2 heterocycles. The zero-order valence-electron chi connectivity index (χ0n) is 12.3. The Bertz CT molecular complexity index is 697. The number of nitrogens with zero attached hydrogens (tertiary/aromatic N) is 2. The Morgan fingerprint density at radius 2 is 1.71 bits per heavy atom. The first-order valence-electron chi connectivity index (χ1n) is 7.19. The van der Waals surface area contributed by atoms with Gasteiger partial charge in [0.05, 0.1) is 0 Å². The van der Waals surface area contributed by atoms with Crippen molar-refractivity contribution in [1.29, 1.82) is 0 Å². The van der Waals surface area contributed by atoms with Crippen LogP contribution >= 0.6 is 0 Å². The molecule has 2 aromatic rings. The fourth-order valence-corrected chi connectivity index (χ4v) is 2.82. The summed E-state index contributed by atoms with van der Waals surface area (Å²) in [6, 6.07) is 7.78. The van der Waals surface area contributed by atoms with E-state index in [0.29, 0.717) is 31.7 Å². The highest BCUT2D eigenvalue weighted by molar-refractivity contribution is 5.98. The van der Waals surface area contributed by atoms with Gasteiger partial charge in [-0.05, 0) is 31.2 Å². The zero-order valence-corrected chi connectivity index (χ0v) is 12.3. The van der Waals surface area contributed by atoms with Crippen LogP contribution in [0.2, 0.25) is 0 Å². The van der Waals surface area contributed by atoms with Crippen molar-refractivity contribution < 1.29 is 9.59 Å². The van der Waals surface area contributed by atoms with Crippen LogP contribution in [0.4, 0.5) is 0 Å². The molecule has 3 rings (SSSR count). The van der Waals surface area contributed by atoms with Crippen LogP contribution in [-0.4, -0.2) is 52.8 Å². The average molecular weight is 285 g/mol. The van der Waals surface area contributed by atoms with E-state index in [1.807, 2.05) is 36.1 Å². The number of carbonyl (C=O) groups is 2. The number of aryl methyl sites for hydroxylation is 1. The Balaban J connectivity index is 1.76. The minimum atomic E-state index is 0.0407. The number of fused-ring (bicyclic) bond motifs is 1. The summed E-state index contributed by atoms with van der Waals surface area (Å²) in [6.07, 6.45) is 0. The molecule has 0 saturated carbocycles. The number of H-pyrrole nitrogens is 1. The number of piperazine rings is 1. The second kappa shape index (κ2) is 5.24. The van der Waals surface area contributed by atoms with Crippen molar-refractivity contribution in [1.82, 2.24) is 14.8 Å². The third-order valence-corrected chi connectivity index (χ3v) is 4.01. The molecule has 1 aliphatic rings. The van der Waals surface area contributed by atoms with Crippen molar-refractivity contribution in [3.8, 4) is 0 Å². The van der Waals surface area contributed by atoms with Crippen LogP contribution in [0.15, 0.2) is 24.3 Å². The summed E-state index contributed by atoms with van der Waals surface area (Å²) in [5, 5.41) is 1.06. The van der Waals surface area contributed by atoms with E-state index in [2.05, 4.69) is 4.98 Å². The summed E-state index contributed by atoms with van der Waals surface area (Å²) >= 11 is 0. The van der Waals surface area contributed by atoms with E-state index < -0.39 is 0 Å². The highest BCUT2D eigenvalue weighted by atomic mass is 16.2. The minimum absolute atomic E-state index is 0.0407. The first-order valence-corrected chi connectivity index (χ1v) is 7.19. The predicted molar refractivity (Wildman–Crippen MR) is 81.2 cm³/mol. The number of nitrogens with one attached hydrogen (secondary N) is 1. The molecule has 1 aromatic carbocycles. The monoisotopic (exact) mass is 285 g/mol. The topological polar surface area (TPSA) is 56.4 Å². The van der Waals surface area contributed by atoms with E-state index in [1.165, 1.54) is 0 Å². The van der Waals surface area contributed by atoms with Crippen LogP contribution in [0, 0.1) is 6.92 Å². The first-order chi connectivity index (χ1) is 10.0. The fraction of sp³-hybridized carbons (Fsp3) is 0.375. The van der Waals surface area contributed by atoms with Crippen molar-refractivity contribution >= 4 is 22.7 Å². The van der Waals surface area contributed by atoms with Crippen molar-refractivity contribution in [3.63, 3.8) is 0 Å². The number of aromatic nitrogens is 1. The molecule has 2 amide bonds. The summed E-state index contributed by atoms with van der Waals surface area (Å²) < 4.78 is 0. The third-order valence-electron chi connectivity index (χ3n) is 4.01. The fourth-order valence-electron chi connectivity index (χ4n) is 2.82. The molecular weight excluding hydrogens is 266 g/mol. The SMILES string of the molecule is CC(=O)N1CCN(C(=O)c2ccc3[nH]c(C)cc3c2)CC1. The lowest BCUT2D eigenvalue weighted by Gasteiger charge is -2.34. The normalized spacial score (nSPS) is 15.5. The van der Waals surface area contributed by atoms with E-state index in [0.717, 1.165) is 16.6 Å². The number of amides is 2. The number of rotatable bonds is 1. The zero-order chi connectivity index (χ0) is 15.0. The van der Waals surface area contributed by atoms with Gasteiger partial charge in [-0.25, -0.2) is 0 Å². The molecule has 1 aromatic heterocycles. The number of hydrogen-bond donors (Lipinski definition) is 1. The van der Waals surface area contributed by atoms with E-state index in [1.54, 1.807) is 11.8 Å². The van der Waals surface area contributed by atoms with Gasteiger partial charge in [0.25, 0.3) is 5.91 Å². The van der Waals surface area contributed by atoms with Crippen molar-refractivity contribution in [2.24, 2.45) is 0 Å². The van der Waals surface area contributed by atoms with E-state index >= 15 is 0 Å². The molecule has 0 unspecified atom stereocenters. The molecule has 0 spiro atoms. The van der Waals surface area contributed by atoms with Crippen LogP contribution < -0.4 is 0 Å². The highest BCUT2D eigenvalue weighted by Gasteiger charge is 2.23. The third kappa shape index (κ3) is 2.63. The van der Waals surface area contributed by atoms with Crippen molar-refractivity contribution in [3.05, 3.63) is 35.5 Å². The maximum absolute atomic E-state index is 12.5. The van der Waals surface area contributed by atoms with Gasteiger partial charge in [0.2, 0.25) is 5.91 Å². The first kappa shape index (κ1) is 13.7. The van der Waals surface area contributed by atoms with Gasteiger partial charge < -0.3 is 14.8 Å². The van der Waals surface area contributed by atoms with Crippen LogP contribution in [0.5, 0.6) is 0 Å². The summed E-state index contributed by atoms with van der Waals surface area (Å²) in [5.41, 5.74) is 2.84. The van der Waals surface area contributed by atoms with E-state index in [4.69, 9.17) is 0 Å². The largest absolute Gasteiger partial charge is 0.359 e. The van der Waals surface area contributed by atoms with Gasteiger partial charge in [0.1, 0.15) is 0 Å². The van der Waals surface area contributed by atoms with Crippen LogP contribution in [0.3, 0.4) is 0 Å². The van der Waals surface area contributed by atoms with Crippen LogP contribution in [-0.2, 0) is 4.79 Å². The number of hydrogen-bond acceptors (Lipinski definition) is 2. The molecular formula is C16H19N3O2. The van der Waals surface area contributed by atoms with Gasteiger partial charge >= 0.3 is 0 Å². The van der Waals surface area contributed by atoms with Gasteiger partial charge in [0, 0.05) is 55.3 Å². The van der Waals surface area contributed by atoms with Crippen molar-refractivity contribution in [2.45, 2.75) is 13.8 Å². The number of benzene rings is 1.